The summed E-state index contributed by atoms with van der Waals surface area (Å²) in [6, 6.07) is 7.52. The van der Waals surface area contributed by atoms with Crippen molar-refractivity contribution >= 4 is 62.1 Å². The summed E-state index contributed by atoms with van der Waals surface area (Å²) in [5, 5.41) is 13.3. The van der Waals surface area contributed by atoms with Crippen molar-refractivity contribution in [1.82, 2.24) is 9.88 Å². The maximum atomic E-state index is 13.1. The first kappa shape index (κ1) is 24.6. The quantitative estimate of drug-likeness (QED) is 0.440. The number of carbonyl (C=O) groups excluding carboxylic acids is 1. The minimum atomic E-state index is -4.38. The van der Waals surface area contributed by atoms with Crippen molar-refractivity contribution < 1.29 is 32.4 Å². The number of carbonyl (C=O) groups is 2. The van der Waals surface area contributed by atoms with Gasteiger partial charge in [-0.05, 0) is 24.3 Å². The number of ether oxygens (including phenoxy) is 1. The summed E-state index contributed by atoms with van der Waals surface area (Å²) < 4.78 is 39.1. The topological polar surface area (TPSA) is 139 Å². The van der Waals surface area contributed by atoms with Gasteiger partial charge in [0.05, 0.1) is 32.2 Å². The summed E-state index contributed by atoms with van der Waals surface area (Å²) in [5.74, 6) is -1.40. The van der Waals surface area contributed by atoms with Gasteiger partial charge >= 0.3 is 5.97 Å². The molecule has 1 amide bonds. The van der Waals surface area contributed by atoms with Crippen LogP contribution in [0.5, 0.6) is 0 Å². The monoisotopic (exact) mass is 545 g/mol. The zero-order valence-electron chi connectivity index (χ0n) is 17.2. The molecule has 180 valence electrons. The van der Waals surface area contributed by atoms with E-state index in [1.54, 1.807) is 12.1 Å². The number of carboxylic acid groups (broad SMARTS) is 1. The van der Waals surface area contributed by atoms with E-state index in [0.29, 0.717) is 15.0 Å². The molecular formula is C20H17Cl2N3O7S2. The molecule has 1 aliphatic heterocycles. The lowest BCUT2D eigenvalue weighted by Crippen LogP contribution is -2.43. The number of benzene rings is 1. The van der Waals surface area contributed by atoms with Crippen molar-refractivity contribution in [2.75, 3.05) is 24.7 Å². The Bertz CT molecular complexity index is 1340. The van der Waals surface area contributed by atoms with Crippen molar-refractivity contribution in [2.24, 2.45) is 0 Å². The molecule has 14 heteroatoms. The summed E-state index contributed by atoms with van der Waals surface area (Å²) in [7, 11) is -4.38. The van der Waals surface area contributed by atoms with Crippen LogP contribution in [0, 0.1) is 0 Å². The molecule has 1 atom stereocenters. The molecule has 1 unspecified atom stereocenters. The van der Waals surface area contributed by atoms with Crippen molar-refractivity contribution in [3.8, 4) is 10.6 Å². The van der Waals surface area contributed by atoms with Crippen LogP contribution in [-0.4, -0.2) is 56.4 Å². The normalized spacial score (nSPS) is 15.5. The molecule has 3 heterocycles. The van der Waals surface area contributed by atoms with Gasteiger partial charge in [0.2, 0.25) is 10.0 Å². The van der Waals surface area contributed by atoms with Crippen molar-refractivity contribution in [3.63, 3.8) is 0 Å². The van der Waals surface area contributed by atoms with Crippen LogP contribution >= 0.6 is 34.5 Å². The van der Waals surface area contributed by atoms with Crippen LogP contribution in [0.3, 0.4) is 0 Å². The van der Waals surface area contributed by atoms with E-state index < -0.39 is 22.0 Å². The van der Waals surface area contributed by atoms with Crippen LogP contribution in [0.25, 0.3) is 10.6 Å². The molecule has 0 bridgehead atoms. The van der Waals surface area contributed by atoms with Gasteiger partial charge < -0.3 is 19.3 Å². The van der Waals surface area contributed by atoms with Gasteiger partial charge in [-0.3, -0.25) is 9.59 Å². The molecule has 3 aromatic rings. The zero-order chi connectivity index (χ0) is 24.5. The molecule has 0 aliphatic carbocycles. The van der Waals surface area contributed by atoms with Gasteiger partial charge in [-0.2, -0.15) is 4.72 Å². The Kier molecular flexibility index (Phi) is 7.26. The first-order valence-corrected chi connectivity index (χ1v) is 12.8. The van der Waals surface area contributed by atoms with Crippen LogP contribution in [-0.2, 0) is 30.8 Å². The zero-order valence-corrected chi connectivity index (χ0v) is 20.4. The average Bonchev–Trinajstić information content (AvgIpc) is 3.42. The largest absolute Gasteiger partial charge is 0.480 e. The molecule has 1 aromatic carbocycles. The Hall–Kier alpha value is -2.48. The summed E-state index contributed by atoms with van der Waals surface area (Å²) in [5.41, 5.74) is 0.425. The highest BCUT2D eigenvalue weighted by molar-refractivity contribution is 7.89. The van der Waals surface area contributed by atoms with Gasteiger partial charge in [0.15, 0.2) is 5.76 Å². The first-order chi connectivity index (χ1) is 16.2. The van der Waals surface area contributed by atoms with E-state index >= 15 is 0 Å². The SMILES string of the molecule is O=C(O)C(Cc1cc(-c2ccc(Cl)s2)on1)NS(=O)(=O)c1cccc(N2CCOCC2=O)c1Cl. The number of hydrogen-bond acceptors (Lipinski definition) is 8. The average molecular weight is 546 g/mol. The fourth-order valence-electron chi connectivity index (χ4n) is 3.30. The molecule has 1 aliphatic rings. The summed E-state index contributed by atoms with van der Waals surface area (Å²) in [6.45, 7) is 0.330. The number of hydrogen-bond donors (Lipinski definition) is 2. The second-order valence-corrected chi connectivity index (χ2v) is 11.0. The third-order valence-electron chi connectivity index (χ3n) is 4.89. The van der Waals surface area contributed by atoms with E-state index in [9.17, 15) is 23.1 Å². The Morgan fingerprint density at radius 2 is 2.09 bits per heavy atom. The Morgan fingerprint density at radius 3 is 2.76 bits per heavy atom. The van der Waals surface area contributed by atoms with E-state index in [4.69, 9.17) is 32.5 Å². The van der Waals surface area contributed by atoms with Crippen molar-refractivity contribution in [1.29, 1.82) is 0 Å². The van der Waals surface area contributed by atoms with Crippen LogP contribution in [0.4, 0.5) is 5.69 Å². The van der Waals surface area contributed by atoms with Crippen LogP contribution in [0.15, 0.2) is 45.8 Å². The maximum Gasteiger partial charge on any atom is 0.322 e. The number of sulfonamides is 1. The molecule has 2 aromatic heterocycles. The van der Waals surface area contributed by atoms with Gasteiger partial charge in [-0.15, -0.1) is 11.3 Å². The number of thiophene rings is 1. The third-order valence-corrected chi connectivity index (χ3v) is 8.16. The molecule has 0 spiro atoms. The predicted molar refractivity (Wildman–Crippen MR) is 125 cm³/mol. The number of anilines is 1. The maximum absolute atomic E-state index is 13.1. The molecule has 0 radical (unpaired) electrons. The number of nitrogens with zero attached hydrogens (tertiary/aromatic N) is 2. The first-order valence-electron chi connectivity index (χ1n) is 9.79. The second-order valence-electron chi connectivity index (χ2n) is 7.19. The van der Waals surface area contributed by atoms with E-state index in [-0.39, 0.29) is 53.4 Å². The minimum absolute atomic E-state index is 0.149. The number of morpholine rings is 1. The Labute approximate surface area is 208 Å². The van der Waals surface area contributed by atoms with Crippen LogP contribution in [0.2, 0.25) is 9.36 Å². The molecule has 34 heavy (non-hydrogen) atoms. The van der Waals surface area contributed by atoms with Gasteiger partial charge in [0.1, 0.15) is 17.5 Å². The Morgan fingerprint density at radius 1 is 1.29 bits per heavy atom. The molecule has 0 saturated carbocycles. The van der Waals surface area contributed by atoms with E-state index in [0.717, 1.165) is 0 Å². The summed E-state index contributed by atoms with van der Waals surface area (Å²) in [6.07, 6.45) is -0.281. The minimum Gasteiger partial charge on any atom is -0.480 e. The number of nitrogens with one attached hydrogen (secondary N) is 1. The lowest BCUT2D eigenvalue weighted by molar-refractivity contribution is -0.139. The van der Waals surface area contributed by atoms with Gasteiger partial charge in [0, 0.05) is 19.0 Å². The number of amides is 1. The number of aromatic nitrogens is 1. The fourth-order valence-corrected chi connectivity index (χ4v) is 6.11. The second kappa shape index (κ2) is 10.0. The van der Waals surface area contributed by atoms with Crippen molar-refractivity contribution in [2.45, 2.75) is 17.4 Å². The third kappa shape index (κ3) is 5.27. The molecule has 2 N–H and O–H groups in total. The highest BCUT2D eigenvalue weighted by atomic mass is 35.5. The van der Waals surface area contributed by atoms with Crippen LogP contribution in [0.1, 0.15) is 5.69 Å². The van der Waals surface area contributed by atoms with Gasteiger partial charge in [-0.25, -0.2) is 8.42 Å². The highest BCUT2D eigenvalue weighted by Crippen LogP contribution is 2.34. The lowest BCUT2D eigenvalue weighted by Gasteiger charge is -2.28. The van der Waals surface area contributed by atoms with Crippen LogP contribution < -0.4 is 9.62 Å². The summed E-state index contributed by atoms with van der Waals surface area (Å²) in [4.78, 5) is 25.7. The highest BCUT2D eigenvalue weighted by Gasteiger charge is 2.31. The number of aliphatic carboxylic acids is 1. The Balaban J connectivity index is 1.56. The number of halogens is 2. The standard InChI is InChI=1S/C20H17Cl2N3O7S2/c21-17-5-4-15(33-17)14-9-11(23-32-14)8-12(20(27)28)24-34(29,30)16-3-1-2-13(19(16)22)25-6-7-31-10-18(25)26/h1-5,9,12,24H,6-8,10H2,(H,27,28). The predicted octanol–water partition coefficient (Wildman–Crippen LogP) is 3.05. The molecule has 10 nitrogen and oxygen atoms in total. The van der Waals surface area contributed by atoms with E-state index in [1.807, 2.05) is 0 Å². The smallest absolute Gasteiger partial charge is 0.322 e. The lowest BCUT2D eigenvalue weighted by atomic mass is 10.1. The molecular weight excluding hydrogens is 529 g/mol. The molecule has 1 fully saturated rings. The molecule has 4 rings (SSSR count). The number of rotatable bonds is 8. The fraction of sp³-hybridized carbons (Fsp3) is 0.250. The summed E-state index contributed by atoms with van der Waals surface area (Å²) >= 11 is 13.5. The van der Waals surface area contributed by atoms with Gasteiger partial charge in [-0.1, -0.05) is 34.4 Å². The van der Waals surface area contributed by atoms with Crippen molar-refractivity contribution in [3.05, 3.63) is 51.5 Å². The molecule has 1 saturated heterocycles. The van der Waals surface area contributed by atoms with E-state index in [1.165, 1.54) is 40.5 Å². The van der Waals surface area contributed by atoms with Gasteiger partial charge in [0.25, 0.3) is 5.91 Å². The number of carboxylic acids is 1. The van der Waals surface area contributed by atoms with E-state index in [2.05, 4.69) is 9.88 Å².